The molecule has 1 aliphatic rings. The monoisotopic (exact) mass is 346 g/mol. The number of hydrogen-bond donors (Lipinski definition) is 1. The summed E-state index contributed by atoms with van der Waals surface area (Å²) in [6, 6.07) is 6.16. The van der Waals surface area contributed by atoms with Crippen LogP contribution in [0.5, 0.6) is 5.75 Å². The molecule has 0 bridgehead atoms. The van der Waals surface area contributed by atoms with Crippen LogP contribution in [-0.2, 0) is 13.0 Å². The summed E-state index contributed by atoms with van der Waals surface area (Å²) < 4.78 is 20.7. The molecule has 0 radical (unpaired) electrons. The number of nitrogens with zero attached hydrogens (tertiary/aromatic N) is 3. The van der Waals surface area contributed by atoms with Crippen molar-refractivity contribution in [2.45, 2.75) is 45.6 Å². The van der Waals surface area contributed by atoms with Gasteiger partial charge in [0, 0.05) is 18.9 Å². The minimum atomic E-state index is -0.238. The summed E-state index contributed by atoms with van der Waals surface area (Å²) >= 11 is 0. The maximum atomic E-state index is 12.8. The van der Waals surface area contributed by atoms with Gasteiger partial charge in [-0.15, -0.1) is 10.2 Å². The molecule has 25 heavy (non-hydrogen) atoms. The number of aromatic nitrogens is 3. The Balaban J connectivity index is 1.34. The Morgan fingerprint density at radius 1 is 1.28 bits per heavy atom. The lowest BCUT2D eigenvalue weighted by molar-refractivity contribution is 0.298. The summed E-state index contributed by atoms with van der Waals surface area (Å²) in [6.45, 7) is 7.90. The fourth-order valence-electron chi connectivity index (χ4n) is 3.23. The van der Waals surface area contributed by atoms with Crippen molar-refractivity contribution in [1.29, 1.82) is 0 Å². The second kappa shape index (κ2) is 8.43. The minimum Gasteiger partial charge on any atom is -0.494 e. The lowest BCUT2D eigenvalue weighted by Crippen LogP contribution is -2.31. The summed E-state index contributed by atoms with van der Waals surface area (Å²) in [7, 11) is 0. The molecule has 0 aliphatic carbocycles. The Bertz CT molecular complexity index is 669. The first kappa shape index (κ1) is 17.9. The number of halogens is 1. The molecule has 0 fully saturated rings. The van der Waals surface area contributed by atoms with Gasteiger partial charge in [-0.05, 0) is 56.1 Å². The van der Waals surface area contributed by atoms with E-state index in [1.807, 2.05) is 0 Å². The molecule has 1 aromatic heterocycles. The van der Waals surface area contributed by atoms with Crippen molar-refractivity contribution < 1.29 is 9.13 Å². The number of fused-ring (bicyclic) bond motifs is 1. The average molecular weight is 346 g/mol. The van der Waals surface area contributed by atoms with E-state index < -0.39 is 0 Å². The van der Waals surface area contributed by atoms with E-state index in [1.165, 1.54) is 12.1 Å². The van der Waals surface area contributed by atoms with Crippen LogP contribution in [0.15, 0.2) is 24.3 Å². The van der Waals surface area contributed by atoms with Crippen LogP contribution >= 0.6 is 0 Å². The fraction of sp³-hybridized carbons (Fsp3) is 0.579. The number of rotatable bonds is 8. The number of ether oxygens (including phenoxy) is 1. The van der Waals surface area contributed by atoms with E-state index in [0.29, 0.717) is 18.4 Å². The normalized spacial score (nSPS) is 16.9. The second-order valence-electron chi connectivity index (χ2n) is 7.00. The Hall–Kier alpha value is -1.95. The van der Waals surface area contributed by atoms with Crippen LogP contribution in [0.4, 0.5) is 4.39 Å². The van der Waals surface area contributed by atoms with E-state index in [9.17, 15) is 4.39 Å². The summed E-state index contributed by atoms with van der Waals surface area (Å²) in [4.78, 5) is 0. The standard InChI is InChI=1S/C19H27FN4O/c1-14(2)19-23-22-18-9-4-15(13-24(18)19)12-21-10-3-11-25-17-7-5-16(20)6-8-17/h5-8,14-15,21H,3-4,9-13H2,1-2H3/t15-/m1/s1. The van der Waals surface area contributed by atoms with Crippen molar-refractivity contribution in [3.05, 3.63) is 41.7 Å². The van der Waals surface area contributed by atoms with Crippen LogP contribution in [0, 0.1) is 11.7 Å². The minimum absolute atomic E-state index is 0.238. The third-order valence-electron chi connectivity index (χ3n) is 4.60. The van der Waals surface area contributed by atoms with Crippen LogP contribution in [0.3, 0.4) is 0 Å². The zero-order valence-electron chi connectivity index (χ0n) is 15.0. The van der Waals surface area contributed by atoms with E-state index >= 15 is 0 Å². The number of aryl methyl sites for hydroxylation is 1. The SMILES string of the molecule is CC(C)c1nnc2n1C[C@@H](CNCCCOc1ccc(F)cc1)CC2. The second-order valence-corrected chi connectivity index (χ2v) is 7.00. The highest BCUT2D eigenvalue weighted by Crippen LogP contribution is 2.23. The molecule has 6 heteroatoms. The van der Waals surface area contributed by atoms with Crippen molar-refractivity contribution in [3.8, 4) is 5.75 Å². The fourth-order valence-corrected chi connectivity index (χ4v) is 3.23. The van der Waals surface area contributed by atoms with Crippen molar-refractivity contribution in [3.63, 3.8) is 0 Å². The van der Waals surface area contributed by atoms with Gasteiger partial charge in [0.25, 0.3) is 0 Å². The summed E-state index contributed by atoms with van der Waals surface area (Å²) in [6.07, 6.45) is 3.11. The first-order chi connectivity index (χ1) is 12.1. The zero-order valence-corrected chi connectivity index (χ0v) is 15.0. The van der Waals surface area contributed by atoms with Gasteiger partial charge >= 0.3 is 0 Å². The molecule has 0 saturated heterocycles. The molecule has 1 atom stereocenters. The van der Waals surface area contributed by atoms with Crippen LogP contribution in [-0.4, -0.2) is 34.5 Å². The van der Waals surface area contributed by atoms with E-state index in [4.69, 9.17) is 4.74 Å². The Labute approximate surface area is 148 Å². The summed E-state index contributed by atoms with van der Waals surface area (Å²) in [5.41, 5.74) is 0. The molecule has 5 nitrogen and oxygen atoms in total. The average Bonchev–Trinajstić information content (AvgIpc) is 3.03. The number of nitrogens with one attached hydrogen (secondary N) is 1. The highest BCUT2D eigenvalue weighted by molar-refractivity contribution is 5.21. The molecule has 136 valence electrons. The van der Waals surface area contributed by atoms with Crippen LogP contribution in [0.1, 0.15) is 44.3 Å². The number of benzene rings is 1. The van der Waals surface area contributed by atoms with E-state index in [2.05, 4.69) is 33.9 Å². The first-order valence-electron chi connectivity index (χ1n) is 9.14. The van der Waals surface area contributed by atoms with E-state index in [1.54, 1.807) is 12.1 Å². The van der Waals surface area contributed by atoms with Gasteiger partial charge in [-0.1, -0.05) is 13.8 Å². The Kier molecular flexibility index (Phi) is 6.02. The molecule has 0 spiro atoms. The third kappa shape index (κ3) is 4.78. The molecule has 1 N–H and O–H groups in total. The van der Waals surface area contributed by atoms with Gasteiger partial charge in [0.05, 0.1) is 6.61 Å². The molecule has 0 unspecified atom stereocenters. The van der Waals surface area contributed by atoms with Crippen LogP contribution in [0.2, 0.25) is 0 Å². The molecule has 2 heterocycles. The van der Waals surface area contributed by atoms with E-state index in [-0.39, 0.29) is 5.82 Å². The maximum absolute atomic E-state index is 12.8. The quantitative estimate of drug-likeness (QED) is 0.746. The topological polar surface area (TPSA) is 52.0 Å². The van der Waals surface area contributed by atoms with Crippen molar-refractivity contribution in [1.82, 2.24) is 20.1 Å². The maximum Gasteiger partial charge on any atom is 0.135 e. The third-order valence-corrected chi connectivity index (χ3v) is 4.60. The molecule has 0 amide bonds. The smallest absolute Gasteiger partial charge is 0.135 e. The zero-order chi connectivity index (χ0) is 17.6. The molecule has 1 aliphatic heterocycles. The molecule has 1 aromatic carbocycles. The molecule has 0 saturated carbocycles. The van der Waals surface area contributed by atoms with Gasteiger partial charge in [0.1, 0.15) is 23.2 Å². The van der Waals surface area contributed by atoms with Crippen LogP contribution in [0.25, 0.3) is 0 Å². The molecule has 2 aromatic rings. The van der Waals surface area contributed by atoms with Crippen LogP contribution < -0.4 is 10.1 Å². The lowest BCUT2D eigenvalue weighted by Gasteiger charge is -2.25. The molecular formula is C19H27FN4O. The Morgan fingerprint density at radius 2 is 2.08 bits per heavy atom. The van der Waals surface area contributed by atoms with Gasteiger partial charge in [-0.3, -0.25) is 0 Å². The predicted molar refractivity (Wildman–Crippen MR) is 95.3 cm³/mol. The van der Waals surface area contributed by atoms with Gasteiger partial charge in [-0.25, -0.2) is 4.39 Å². The van der Waals surface area contributed by atoms with Gasteiger partial charge < -0.3 is 14.6 Å². The Morgan fingerprint density at radius 3 is 2.84 bits per heavy atom. The predicted octanol–water partition coefficient (Wildman–Crippen LogP) is 3.16. The lowest BCUT2D eigenvalue weighted by atomic mass is 9.98. The highest BCUT2D eigenvalue weighted by atomic mass is 19.1. The van der Waals surface area contributed by atoms with Gasteiger partial charge in [0.15, 0.2) is 0 Å². The molecular weight excluding hydrogens is 319 g/mol. The summed E-state index contributed by atoms with van der Waals surface area (Å²) in [5.74, 6) is 3.75. The van der Waals surface area contributed by atoms with Crippen molar-refractivity contribution in [2.75, 3.05) is 19.7 Å². The molecule has 3 rings (SSSR count). The van der Waals surface area contributed by atoms with E-state index in [0.717, 1.165) is 56.3 Å². The van der Waals surface area contributed by atoms with Crippen molar-refractivity contribution >= 4 is 0 Å². The van der Waals surface area contributed by atoms with Gasteiger partial charge in [0.2, 0.25) is 0 Å². The number of hydrogen-bond acceptors (Lipinski definition) is 4. The summed E-state index contributed by atoms with van der Waals surface area (Å²) in [5, 5.41) is 12.2. The highest BCUT2D eigenvalue weighted by Gasteiger charge is 2.23. The van der Waals surface area contributed by atoms with Gasteiger partial charge in [-0.2, -0.15) is 0 Å². The first-order valence-corrected chi connectivity index (χ1v) is 9.14. The largest absolute Gasteiger partial charge is 0.494 e. The van der Waals surface area contributed by atoms with Crippen molar-refractivity contribution in [2.24, 2.45) is 5.92 Å².